The van der Waals surface area contributed by atoms with Crippen LogP contribution in [0.2, 0.25) is 0 Å². The molecular weight excluding hydrogens is 278 g/mol. The summed E-state index contributed by atoms with van der Waals surface area (Å²) in [6, 6.07) is 0. The van der Waals surface area contributed by atoms with Crippen LogP contribution in [0.25, 0.3) is 0 Å². The third-order valence-corrected chi connectivity index (χ3v) is 2.97. The summed E-state index contributed by atoms with van der Waals surface area (Å²) in [5, 5.41) is 12.3. The Balaban J connectivity index is 1.95. The number of ether oxygens (including phenoxy) is 2. The standard InChI is InChI=1S/C14H15NO6/c1-8(16)20-12-7-15-6-9(12)2-5-13(19)21-14-10(17)3-4-11(14)18/h2,5-6,12,15,17H,3-4,7H2,1H3/b5-2+/t12-/m0/s1. The van der Waals surface area contributed by atoms with Crippen LogP contribution in [0.15, 0.2) is 35.4 Å². The summed E-state index contributed by atoms with van der Waals surface area (Å²) in [5.74, 6) is -2.09. The zero-order valence-corrected chi connectivity index (χ0v) is 11.4. The van der Waals surface area contributed by atoms with Crippen LogP contribution < -0.4 is 5.32 Å². The first-order chi connectivity index (χ1) is 9.97. The highest BCUT2D eigenvalue weighted by Gasteiger charge is 2.26. The van der Waals surface area contributed by atoms with Crippen LogP contribution in [0.5, 0.6) is 0 Å². The molecule has 0 aromatic heterocycles. The van der Waals surface area contributed by atoms with E-state index >= 15 is 0 Å². The number of hydrogen-bond donors (Lipinski definition) is 2. The van der Waals surface area contributed by atoms with Crippen molar-refractivity contribution in [2.75, 3.05) is 6.54 Å². The molecule has 0 amide bonds. The third-order valence-electron chi connectivity index (χ3n) is 2.97. The Morgan fingerprint density at radius 3 is 2.81 bits per heavy atom. The second-order valence-corrected chi connectivity index (χ2v) is 4.60. The summed E-state index contributed by atoms with van der Waals surface area (Å²) >= 11 is 0. The molecule has 0 spiro atoms. The highest BCUT2D eigenvalue weighted by atomic mass is 16.5. The smallest absolute Gasteiger partial charge is 0.336 e. The molecule has 0 bridgehead atoms. The van der Waals surface area contributed by atoms with Gasteiger partial charge in [-0.15, -0.1) is 0 Å². The lowest BCUT2D eigenvalue weighted by molar-refractivity contribution is -0.143. The number of carbonyl (C=O) groups excluding carboxylic acids is 3. The van der Waals surface area contributed by atoms with E-state index in [0.717, 1.165) is 6.08 Å². The van der Waals surface area contributed by atoms with Crippen molar-refractivity contribution in [3.05, 3.63) is 35.4 Å². The highest BCUT2D eigenvalue weighted by Crippen LogP contribution is 2.21. The number of rotatable bonds is 4. The van der Waals surface area contributed by atoms with Crippen LogP contribution >= 0.6 is 0 Å². The summed E-state index contributed by atoms with van der Waals surface area (Å²) in [7, 11) is 0. The van der Waals surface area contributed by atoms with Gasteiger partial charge in [0.2, 0.25) is 11.5 Å². The Labute approximate surface area is 120 Å². The van der Waals surface area contributed by atoms with Gasteiger partial charge in [-0.3, -0.25) is 9.59 Å². The molecular formula is C14H15NO6. The van der Waals surface area contributed by atoms with Crippen LogP contribution in [0.4, 0.5) is 0 Å². The number of aliphatic hydroxyl groups is 1. The van der Waals surface area contributed by atoms with Crippen molar-refractivity contribution in [3.8, 4) is 0 Å². The first-order valence-corrected chi connectivity index (χ1v) is 6.43. The largest absolute Gasteiger partial charge is 0.508 e. The predicted octanol–water partition coefficient (Wildman–Crippen LogP) is 0.637. The zero-order valence-electron chi connectivity index (χ0n) is 11.4. The van der Waals surface area contributed by atoms with E-state index in [0.29, 0.717) is 12.1 Å². The van der Waals surface area contributed by atoms with Gasteiger partial charge in [-0.05, 0) is 6.08 Å². The molecule has 7 nitrogen and oxygen atoms in total. The van der Waals surface area contributed by atoms with Gasteiger partial charge in [-0.1, -0.05) is 0 Å². The molecule has 0 aromatic carbocycles. The van der Waals surface area contributed by atoms with E-state index in [1.165, 1.54) is 13.0 Å². The lowest BCUT2D eigenvalue weighted by atomic mass is 10.2. The van der Waals surface area contributed by atoms with Crippen LogP contribution in [0.3, 0.4) is 0 Å². The van der Waals surface area contributed by atoms with Gasteiger partial charge in [0, 0.05) is 37.6 Å². The Morgan fingerprint density at radius 1 is 1.43 bits per heavy atom. The van der Waals surface area contributed by atoms with Crippen molar-refractivity contribution in [2.45, 2.75) is 25.9 Å². The zero-order chi connectivity index (χ0) is 15.4. The molecule has 0 unspecified atom stereocenters. The maximum absolute atomic E-state index is 11.6. The van der Waals surface area contributed by atoms with Crippen LogP contribution in [-0.4, -0.2) is 35.5 Å². The Bertz CT molecular complexity index is 572. The van der Waals surface area contributed by atoms with Crippen LogP contribution in [-0.2, 0) is 23.9 Å². The van der Waals surface area contributed by atoms with Crippen LogP contribution in [0, 0.1) is 0 Å². The fraction of sp³-hybridized carbons (Fsp3) is 0.357. The van der Waals surface area contributed by atoms with Crippen molar-refractivity contribution in [1.29, 1.82) is 0 Å². The SMILES string of the molecule is CC(=O)O[C@H]1CNC=C1/C=C/C(=O)OC1=C(O)CCC1=O. The van der Waals surface area contributed by atoms with Crippen molar-refractivity contribution in [1.82, 2.24) is 5.32 Å². The maximum Gasteiger partial charge on any atom is 0.336 e. The van der Waals surface area contributed by atoms with Gasteiger partial charge in [0.15, 0.2) is 0 Å². The van der Waals surface area contributed by atoms with Crippen molar-refractivity contribution >= 4 is 17.7 Å². The summed E-state index contributed by atoms with van der Waals surface area (Å²) in [6.07, 6.45) is 4.03. The van der Waals surface area contributed by atoms with Gasteiger partial charge in [0.05, 0.1) is 6.54 Å². The minimum atomic E-state index is -0.777. The van der Waals surface area contributed by atoms with Gasteiger partial charge in [0.1, 0.15) is 11.9 Å². The highest BCUT2D eigenvalue weighted by molar-refractivity contribution is 5.99. The fourth-order valence-corrected chi connectivity index (χ4v) is 1.99. The minimum Gasteiger partial charge on any atom is -0.508 e. The molecule has 0 fully saturated rings. The number of aliphatic hydroxyl groups excluding tert-OH is 1. The van der Waals surface area contributed by atoms with Crippen molar-refractivity contribution in [2.24, 2.45) is 0 Å². The quantitative estimate of drug-likeness (QED) is 0.579. The molecule has 1 aliphatic heterocycles. The van der Waals surface area contributed by atoms with Crippen LogP contribution in [0.1, 0.15) is 19.8 Å². The molecule has 0 aromatic rings. The average Bonchev–Trinajstić information content (AvgIpc) is 2.97. The van der Waals surface area contributed by atoms with E-state index in [-0.39, 0.29) is 24.4 Å². The van der Waals surface area contributed by atoms with Crippen molar-refractivity contribution < 1.29 is 29.0 Å². The molecule has 2 N–H and O–H groups in total. The Morgan fingerprint density at radius 2 is 2.19 bits per heavy atom. The maximum atomic E-state index is 11.6. The van der Waals surface area contributed by atoms with E-state index in [2.05, 4.69) is 5.32 Å². The number of nitrogens with one attached hydrogen (secondary N) is 1. The molecule has 0 saturated carbocycles. The van der Waals surface area contributed by atoms with E-state index < -0.39 is 23.8 Å². The minimum absolute atomic E-state index is 0.141. The monoisotopic (exact) mass is 293 g/mol. The summed E-state index contributed by atoms with van der Waals surface area (Å²) in [5.41, 5.74) is 0.609. The summed E-state index contributed by atoms with van der Waals surface area (Å²) in [4.78, 5) is 33.9. The van der Waals surface area contributed by atoms with E-state index in [9.17, 15) is 19.5 Å². The van der Waals surface area contributed by atoms with Crippen molar-refractivity contribution in [3.63, 3.8) is 0 Å². The molecule has 2 rings (SSSR count). The van der Waals surface area contributed by atoms with Gasteiger partial charge < -0.3 is 19.9 Å². The van der Waals surface area contributed by atoms with Gasteiger partial charge in [-0.2, -0.15) is 0 Å². The lowest BCUT2D eigenvalue weighted by Gasteiger charge is -2.11. The van der Waals surface area contributed by atoms with E-state index in [1.54, 1.807) is 6.20 Å². The number of Topliss-reactive ketones (excluding diaryl/α,β-unsaturated/α-hetero) is 1. The number of ketones is 1. The van der Waals surface area contributed by atoms with Gasteiger partial charge >= 0.3 is 11.9 Å². The Hall–Kier alpha value is -2.57. The molecule has 21 heavy (non-hydrogen) atoms. The average molecular weight is 293 g/mol. The summed E-state index contributed by atoms with van der Waals surface area (Å²) in [6.45, 7) is 1.73. The number of esters is 2. The normalized spacial score (nSPS) is 21.5. The molecule has 7 heteroatoms. The third kappa shape index (κ3) is 3.71. The summed E-state index contributed by atoms with van der Waals surface area (Å²) < 4.78 is 9.86. The fourth-order valence-electron chi connectivity index (χ4n) is 1.99. The van der Waals surface area contributed by atoms with Gasteiger partial charge in [-0.25, -0.2) is 4.79 Å². The molecule has 112 valence electrons. The van der Waals surface area contributed by atoms with Gasteiger partial charge in [0.25, 0.3) is 0 Å². The topological polar surface area (TPSA) is 102 Å². The molecule has 0 saturated heterocycles. The molecule has 2 aliphatic rings. The first kappa shape index (κ1) is 14.8. The lowest BCUT2D eigenvalue weighted by Crippen LogP contribution is -2.22. The molecule has 1 aliphatic carbocycles. The second-order valence-electron chi connectivity index (χ2n) is 4.60. The first-order valence-electron chi connectivity index (χ1n) is 6.43. The number of hydrogen-bond acceptors (Lipinski definition) is 7. The molecule has 1 heterocycles. The predicted molar refractivity (Wildman–Crippen MR) is 70.8 cm³/mol. The molecule has 0 radical (unpaired) electrons. The van der Waals surface area contributed by atoms with E-state index in [1.807, 2.05) is 0 Å². The number of carbonyl (C=O) groups is 3. The molecule has 1 atom stereocenters. The Kier molecular flexibility index (Phi) is 4.42. The number of allylic oxidation sites excluding steroid dienone is 2. The van der Waals surface area contributed by atoms with E-state index in [4.69, 9.17) is 9.47 Å². The second kappa shape index (κ2) is 6.25.